The van der Waals surface area contributed by atoms with Gasteiger partial charge >= 0.3 is 0 Å². The fourth-order valence-corrected chi connectivity index (χ4v) is 3.10. The maximum atomic E-state index is 11.1. The second-order valence-corrected chi connectivity index (χ2v) is 7.73. The molecule has 0 saturated carbocycles. The number of azide groups is 1. The Balaban J connectivity index is 4.13. The van der Waals surface area contributed by atoms with Crippen LogP contribution in [-0.4, -0.2) is 18.0 Å². The van der Waals surface area contributed by atoms with E-state index in [4.69, 9.17) is 10.4 Å². The lowest BCUT2D eigenvalue weighted by Gasteiger charge is -2.26. The Morgan fingerprint density at radius 1 is 1.25 bits per heavy atom. The lowest BCUT2D eigenvalue weighted by atomic mass is 10.1. The molecular weight excluding hydrogens is 360 g/mol. The normalized spacial score (nSPS) is 17.7. The van der Waals surface area contributed by atoms with Gasteiger partial charge in [0.1, 0.15) is 0 Å². The molecule has 2 unspecified atom stereocenters. The van der Waals surface area contributed by atoms with Gasteiger partial charge in [-0.15, -0.1) is 0 Å². The Morgan fingerprint density at radius 2 is 1.88 bits per heavy atom. The summed E-state index contributed by atoms with van der Waals surface area (Å²) in [5, 5.41) is 3.45. The zero-order valence-corrected chi connectivity index (χ0v) is 15.3. The molecule has 0 radical (unpaired) electrons. The van der Waals surface area contributed by atoms with E-state index in [0.717, 1.165) is 24.8 Å². The van der Waals surface area contributed by atoms with Crippen molar-refractivity contribution in [3.8, 4) is 0 Å². The van der Waals surface area contributed by atoms with Crippen molar-refractivity contribution in [3.63, 3.8) is 0 Å². The number of phosphoric acid groups is 2. The van der Waals surface area contributed by atoms with Crippen molar-refractivity contribution in [2.24, 2.45) is 5.11 Å². The maximum Gasteiger partial charge on any atom is 0.274 e. The predicted octanol–water partition coefficient (Wildman–Crippen LogP) is 2.71. The van der Waals surface area contributed by atoms with Crippen LogP contribution < -0.4 is 9.79 Å². The molecule has 0 aliphatic rings. The van der Waals surface area contributed by atoms with Gasteiger partial charge in [0, 0.05) is 11.5 Å². The third kappa shape index (κ3) is 14.6. The van der Waals surface area contributed by atoms with E-state index in [1.165, 1.54) is 11.6 Å². The molecule has 2 atom stereocenters. The van der Waals surface area contributed by atoms with Crippen LogP contribution in [0, 0.1) is 0 Å². The molecular formula is C12H21N3O7P2-2. The van der Waals surface area contributed by atoms with Gasteiger partial charge in [0.2, 0.25) is 0 Å². The van der Waals surface area contributed by atoms with Crippen molar-refractivity contribution in [3.05, 3.63) is 33.7 Å². The number of rotatable bonds is 12. The summed E-state index contributed by atoms with van der Waals surface area (Å²) in [6.45, 7) is 3.82. The van der Waals surface area contributed by atoms with Crippen LogP contribution in [0.2, 0.25) is 0 Å². The smallest absolute Gasteiger partial charge is 0.274 e. The van der Waals surface area contributed by atoms with Crippen molar-refractivity contribution >= 4 is 15.6 Å². The minimum atomic E-state index is -5.40. The first-order chi connectivity index (χ1) is 11.1. The molecule has 12 heteroatoms. The van der Waals surface area contributed by atoms with Crippen molar-refractivity contribution in [1.82, 2.24) is 0 Å². The van der Waals surface area contributed by atoms with E-state index in [1.54, 1.807) is 6.92 Å². The third-order valence-corrected chi connectivity index (χ3v) is 4.88. The average Bonchev–Trinajstić information content (AvgIpc) is 2.40. The van der Waals surface area contributed by atoms with E-state index in [0.29, 0.717) is 13.0 Å². The number of hydrogen-bond donors (Lipinski definition) is 1. The second-order valence-electron chi connectivity index (χ2n) is 4.99. The van der Waals surface area contributed by atoms with Gasteiger partial charge in [0.15, 0.2) is 0 Å². The highest BCUT2D eigenvalue weighted by atomic mass is 31.3. The summed E-state index contributed by atoms with van der Waals surface area (Å²) in [5.41, 5.74) is 10.2. The molecule has 0 aromatic heterocycles. The van der Waals surface area contributed by atoms with E-state index >= 15 is 0 Å². The molecule has 0 saturated heterocycles. The fraction of sp³-hybridized carbons (Fsp3) is 0.667. The lowest BCUT2D eigenvalue weighted by molar-refractivity contribution is -0.240. The molecule has 0 aromatic carbocycles. The third-order valence-electron chi connectivity index (χ3n) is 2.79. The highest BCUT2D eigenvalue weighted by molar-refractivity contribution is 7.59. The number of phosphoric ester groups is 1. The minimum absolute atomic E-state index is 0.387. The topological polar surface area (TPSA) is 168 Å². The van der Waals surface area contributed by atoms with Gasteiger partial charge < -0.3 is 19.2 Å². The lowest BCUT2D eigenvalue weighted by Crippen LogP contribution is -2.11. The van der Waals surface area contributed by atoms with Gasteiger partial charge in [-0.2, -0.15) is 0 Å². The molecule has 0 aliphatic carbocycles. The Hall–Kier alpha value is -0.950. The Labute approximate surface area is 140 Å². The molecule has 138 valence electrons. The van der Waals surface area contributed by atoms with Crippen LogP contribution >= 0.6 is 15.6 Å². The summed E-state index contributed by atoms with van der Waals surface area (Å²) in [4.78, 5) is 32.4. The molecule has 0 aromatic rings. The average molecular weight is 381 g/mol. The second kappa shape index (κ2) is 11.6. The van der Waals surface area contributed by atoms with E-state index in [2.05, 4.69) is 18.9 Å². The standard InChI is InChI=1S/C12H23N3O7P2/c1-11(7-4-9-14-15-13)5-3-6-12(2)8-10-21-24(19,20)22-23(16,17)18/h5,8H,3-4,6-7,9-10H2,1-2H3,(H,19,20)(H2,16,17,18)/p-2/b11-5+,12-8+. The highest BCUT2D eigenvalue weighted by Gasteiger charge is 2.15. The fourth-order valence-electron chi connectivity index (χ4n) is 1.64. The van der Waals surface area contributed by atoms with Crippen molar-refractivity contribution in [2.45, 2.75) is 39.5 Å². The Bertz CT molecular complexity index is 593. The van der Waals surface area contributed by atoms with Gasteiger partial charge in [-0.25, -0.2) is 4.31 Å². The number of nitrogens with zero attached hydrogens (tertiary/aromatic N) is 3. The summed E-state index contributed by atoms with van der Waals surface area (Å²) in [6, 6.07) is 0. The minimum Gasteiger partial charge on any atom is -0.756 e. The van der Waals surface area contributed by atoms with Crippen LogP contribution in [-0.2, 0) is 18.0 Å². The van der Waals surface area contributed by atoms with Gasteiger partial charge in [-0.3, -0.25) is 9.13 Å². The van der Waals surface area contributed by atoms with Gasteiger partial charge in [-0.1, -0.05) is 28.4 Å². The van der Waals surface area contributed by atoms with Crippen LogP contribution in [0.15, 0.2) is 28.4 Å². The van der Waals surface area contributed by atoms with Crippen LogP contribution in [0.3, 0.4) is 0 Å². The van der Waals surface area contributed by atoms with Crippen molar-refractivity contribution in [2.75, 3.05) is 13.2 Å². The molecule has 0 aliphatic heterocycles. The molecule has 0 spiro atoms. The summed E-state index contributed by atoms with van der Waals surface area (Å²) < 4.78 is 29.1. The quantitative estimate of drug-likeness (QED) is 0.135. The SMILES string of the molecule is C/C(=C\COP(=O)([O-])OP(=O)([O-])O)CC/C=C(\C)CCCN=[N+]=[N-]. The first kappa shape index (κ1) is 23.1. The first-order valence-corrected chi connectivity index (χ1v) is 10.0. The zero-order valence-electron chi connectivity index (χ0n) is 13.5. The molecule has 1 N–H and O–H groups in total. The number of allylic oxidation sites excluding steroid dienone is 3. The molecule has 0 fully saturated rings. The molecule has 0 heterocycles. The molecule has 0 amide bonds. The summed E-state index contributed by atoms with van der Waals surface area (Å²) in [7, 11) is -10.5. The Kier molecular flexibility index (Phi) is 11.1. The van der Waals surface area contributed by atoms with E-state index in [-0.39, 0.29) is 6.61 Å². The van der Waals surface area contributed by atoms with Crippen molar-refractivity contribution < 1.29 is 32.6 Å². The predicted molar refractivity (Wildman–Crippen MR) is 84.5 cm³/mol. The number of hydrogen-bond acceptors (Lipinski definition) is 7. The van der Waals surface area contributed by atoms with Gasteiger partial charge in [-0.05, 0) is 45.1 Å². The van der Waals surface area contributed by atoms with E-state index in [1.807, 2.05) is 13.0 Å². The van der Waals surface area contributed by atoms with Gasteiger partial charge in [0.05, 0.1) is 6.61 Å². The molecule has 0 bridgehead atoms. The first-order valence-electron chi connectivity index (χ1n) is 7.08. The van der Waals surface area contributed by atoms with Crippen LogP contribution in [0.1, 0.15) is 39.5 Å². The highest BCUT2D eigenvalue weighted by Crippen LogP contribution is 2.52. The molecule has 0 rings (SSSR count). The van der Waals surface area contributed by atoms with Gasteiger partial charge in [0.25, 0.3) is 15.6 Å². The molecule has 10 nitrogen and oxygen atoms in total. The zero-order chi connectivity index (χ0) is 18.6. The molecule has 24 heavy (non-hydrogen) atoms. The van der Waals surface area contributed by atoms with E-state index in [9.17, 15) is 18.9 Å². The Morgan fingerprint density at radius 3 is 2.46 bits per heavy atom. The van der Waals surface area contributed by atoms with Crippen LogP contribution in [0.25, 0.3) is 10.4 Å². The summed E-state index contributed by atoms with van der Waals surface area (Å²) in [5.74, 6) is 0. The van der Waals surface area contributed by atoms with Crippen molar-refractivity contribution in [1.29, 1.82) is 0 Å². The summed E-state index contributed by atoms with van der Waals surface area (Å²) in [6.07, 6.45) is 6.54. The van der Waals surface area contributed by atoms with E-state index < -0.39 is 15.6 Å². The largest absolute Gasteiger partial charge is 0.756 e. The monoisotopic (exact) mass is 381 g/mol. The van der Waals surface area contributed by atoms with Crippen LogP contribution in [0.5, 0.6) is 0 Å². The summed E-state index contributed by atoms with van der Waals surface area (Å²) >= 11 is 0. The van der Waals surface area contributed by atoms with Crippen LogP contribution in [0.4, 0.5) is 0 Å². The maximum absolute atomic E-state index is 11.1.